The molecule has 3 saturated carbocycles. The van der Waals surface area contributed by atoms with Gasteiger partial charge < -0.3 is 57.4 Å². The van der Waals surface area contributed by atoms with Crippen molar-refractivity contribution in [1.29, 1.82) is 0 Å². The highest BCUT2D eigenvalue weighted by atomic mass is 19.2. The second-order valence-electron chi connectivity index (χ2n) is 32.2. The van der Waals surface area contributed by atoms with Crippen molar-refractivity contribution >= 4 is 57.5 Å². The van der Waals surface area contributed by atoms with Crippen LogP contribution in [-0.2, 0) is 17.8 Å². The lowest BCUT2D eigenvalue weighted by Crippen LogP contribution is -2.12. The van der Waals surface area contributed by atoms with E-state index in [1.165, 1.54) is 142 Å². The number of rotatable bonds is 23. The Bertz CT molecular complexity index is 6360. The van der Waals surface area contributed by atoms with Gasteiger partial charge in [-0.05, 0) is 243 Å². The van der Waals surface area contributed by atoms with Crippen molar-refractivity contribution in [3.05, 3.63) is 355 Å². The summed E-state index contributed by atoms with van der Waals surface area (Å²) in [5.74, 6) is -1.54. The Hall–Kier alpha value is -14.7. The molecule has 19 nitrogen and oxygen atoms in total. The molecular weight excluding hydrogens is 1660 g/mol. The van der Waals surface area contributed by atoms with Gasteiger partial charge in [0.15, 0.2) is 40.3 Å². The molecule has 0 spiro atoms. The van der Waals surface area contributed by atoms with Crippen LogP contribution in [0.2, 0.25) is 0 Å². The molecule has 4 N–H and O–H groups in total. The second kappa shape index (κ2) is 39.4. The first-order chi connectivity index (χ1) is 62.8. The molecule has 8 aromatic carbocycles. The van der Waals surface area contributed by atoms with E-state index in [9.17, 15) is 54.3 Å². The number of amides is 4. The highest BCUT2D eigenvalue weighted by Crippen LogP contribution is 2.47. The van der Waals surface area contributed by atoms with Crippen LogP contribution in [0.3, 0.4) is 0 Å². The molecular formula is C102H86F8N10O9. The summed E-state index contributed by atoms with van der Waals surface area (Å²) in [7, 11) is 0. The number of aromatic nitrogens is 6. The quantitative estimate of drug-likeness (QED) is 0.0438. The van der Waals surface area contributed by atoms with E-state index in [1.54, 1.807) is 159 Å². The van der Waals surface area contributed by atoms with E-state index >= 15 is 0 Å². The number of hydrogen-bond acceptors (Lipinski definition) is 12. The van der Waals surface area contributed by atoms with Gasteiger partial charge in [-0.15, -0.1) is 0 Å². The maximum atomic E-state index is 13.9. The van der Waals surface area contributed by atoms with E-state index in [2.05, 4.69) is 48.4 Å². The molecule has 7 aromatic heterocycles. The molecule has 129 heavy (non-hydrogen) atoms. The summed E-state index contributed by atoms with van der Waals surface area (Å²) in [6, 6.07) is 62.0. The van der Waals surface area contributed by atoms with Crippen molar-refractivity contribution in [2.45, 2.75) is 96.2 Å². The second-order valence-corrected chi connectivity index (χ2v) is 32.2. The first-order valence-corrected chi connectivity index (χ1v) is 42.7. The van der Waals surface area contributed by atoms with E-state index in [0.717, 1.165) is 96.5 Å². The summed E-state index contributed by atoms with van der Waals surface area (Å²) >= 11 is 0. The number of anilines is 4. The fourth-order valence-electron chi connectivity index (χ4n) is 16.7. The molecule has 20 rings (SSSR count). The number of allylic oxidation sites excluding steroid dienone is 4. The number of imidazole rings is 3. The first-order valence-electron chi connectivity index (χ1n) is 42.7. The normalized spacial score (nSPS) is 15.4. The standard InChI is InChI=1S/C28H25F2NO2.C26H23F2N3O2.C25H21F2N3O3.C23H17F2N3O2/c29-21-12-9-19(10-13-21)22-14-11-20(17-18-5-1-2-6-18)27(22)25-15-16-26(33-25)28(32)31-24-8-4-3-7-23(24)30;27-19-11-9-18(10-12-19)24-25(31(16-29-24)15-17-5-1-2-6-17)22-13-14-23(33-22)26(32)30-21-8-4-3-7-20(21)28;26-18-7-5-17(6-8-18)23-24(30(15-28-23)13-16-11-12-32-14-16)21-9-10-22(33-21)25(31)29-20-4-2-1-3-19(20)27;24-15-7-5-14(6-8-15)21-22(28(13-26-21)16-9-10-16)19-11-12-20(30-19)23(29)27-18-4-2-1-3-17(18)25/h3-4,7-16,18,20H,1-2,5-6,17H2,(H,31,32);3-4,7-14,16-17H,1-2,5-6,15H2,(H,30,32);1-10,15-16H,11-14H2,(H,29,31);1-8,11-13,16H,9-10H2,(H,27,29). The molecule has 2 unspecified atom stereocenters. The summed E-state index contributed by atoms with van der Waals surface area (Å²) in [5, 5.41) is 10.1. The number of para-hydroxylation sites is 4. The van der Waals surface area contributed by atoms with Gasteiger partial charge in [-0.3, -0.25) is 19.2 Å². The molecule has 654 valence electrons. The maximum absolute atomic E-state index is 13.9. The van der Waals surface area contributed by atoms with E-state index in [4.69, 9.17) is 22.4 Å². The topological polar surface area (TPSA) is 232 Å². The average Bonchev–Trinajstić information content (AvgIpc) is 1.11. The number of halogens is 8. The van der Waals surface area contributed by atoms with Crippen LogP contribution in [0.5, 0.6) is 0 Å². The van der Waals surface area contributed by atoms with E-state index in [1.807, 2.05) is 13.7 Å². The van der Waals surface area contributed by atoms with Crippen LogP contribution >= 0.6 is 0 Å². The van der Waals surface area contributed by atoms with E-state index < -0.39 is 46.9 Å². The van der Waals surface area contributed by atoms with Gasteiger partial charge in [-0.2, -0.15) is 0 Å². The van der Waals surface area contributed by atoms with Crippen LogP contribution in [0.15, 0.2) is 291 Å². The largest absolute Gasteiger partial charge is 0.451 e. The van der Waals surface area contributed by atoms with Crippen LogP contribution < -0.4 is 21.3 Å². The van der Waals surface area contributed by atoms with Gasteiger partial charge in [0.05, 0.1) is 65.4 Å². The third-order valence-corrected chi connectivity index (χ3v) is 23.3. The Balaban J connectivity index is 0.000000121. The molecule has 4 amide bonds. The minimum absolute atomic E-state index is 0.0373. The molecule has 15 aromatic rings. The summed E-state index contributed by atoms with van der Waals surface area (Å²) in [5.41, 5.74) is 9.53. The lowest BCUT2D eigenvalue weighted by Gasteiger charge is -2.18. The molecule has 2 atom stereocenters. The van der Waals surface area contributed by atoms with Gasteiger partial charge in [0.2, 0.25) is 0 Å². The fraction of sp³-hybridized carbons (Fsp3) is 0.206. The predicted octanol–water partition coefficient (Wildman–Crippen LogP) is 25.1. The predicted molar refractivity (Wildman–Crippen MR) is 474 cm³/mol. The Morgan fingerprint density at radius 2 is 0.690 bits per heavy atom. The summed E-state index contributed by atoms with van der Waals surface area (Å²) < 4.78 is 145. The number of hydrogen-bond donors (Lipinski definition) is 4. The van der Waals surface area contributed by atoms with Crippen LogP contribution in [0.1, 0.15) is 137 Å². The third-order valence-electron chi connectivity index (χ3n) is 23.3. The van der Waals surface area contributed by atoms with Gasteiger partial charge >= 0.3 is 0 Å². The molecule has 5 aliphatic rings. The van der Waals surface area contributed by atoms with Gasteiger partial charge in [-0.1, -0.05) is 111 Å². The molecule has 8 heterocycles. The van der Waals surface area contributed by atoms with Crippen molar-refractivity contribution in [3.8, 4) is 68.1 Å². The highest BCUT2D eigenvalue weighted by molar-refractivity contribution is 6.06. The molecule has 27 heteroatoms. The highest BCUT2D eigenvalue weighted by Gasteiger charge is 2.34. The number of ether oxygens (including phenoxy) is 1. The fourth-order valence-corrected chi connectivity index (χ4v) is 16.7. The van der Waals surface area contributed by atoms with Crippen molar-refractivity contribution in [3.63, 3.8) is 0 Å². The minimum atomic E-state index is -0.565. The number of furan rings is 4. The summed E-state index contributed by atoms with van der Waals surface area (Å²) in [4.78, 5) is 64.2. The maximum Gasteiger partial charge on any atom is 0.291 e. The Kier molecular flexibility index (Phi) is 26.4. The smallest absolute Gasteiger partial charge is 0.291 e. The Labute approximate surface area is 736 Å². The SMILES string of the molecule is O=C(Nc1ccccc1F)c1ccc(-c2c(-c3ccc(F)cc3)ncn2C2CC2)o1.O=C(Nc1ccccc1F)c1ccc(-c2c(-c3ccc(F)cc3)ncn2CC2CCCC2)o1.O=C(Nc1ccccc1F)c1ccc(-c2c(-c3ccc(F)cc3)ncn2CC2CCOC2)o1.O=C(Nc1ccccc1F)c1ccc(C2=C(c3ccc(F)cc3)C=CC2CC2CCCC2)o1. The zero-order chi connectivity index (χ0) is 89.0. The van der Waals surface area contributed by atoms with Crippen molar-refractivity contribution < 1.29 is 76.7 Å². The Morgan fingerprint density at radius 1 is 0.349 bits per heavy atom. The summed E-state index contributed by atoms with van der Waals surface area (Å²) in [6.07, 6.45) is 23.3. The Morgan fingerprint density at radius 3 is 1.07 bits per heavy atom. The number of nitrogens with zero attached hydrogens (tertiary/aromatic N) is 6. The minimum Gasteiger partial charge on any atom is -0.451 e. The number of nitrogens with one attached hydrogen (secondary N) is 4. The third kappa shape index (κ3) is 20.5. The molecule has 0 bridgehead atoms. The first kappa shape index (κ1) is 86.4. The van der Waals surface area contributed by atoms with Crippen molar-refractivity contribution in [1.82, 2.24) is 28.7 Å². The zero-order valence-electron chi connectivity index (χ0n) is 69.6. The van der Waals surface area contributed by atoms with Crippen molar-refractivity contribution in [2.75, 3.05) is 34.5 Å². The van der Waals surface area contributed by atoms with Crippen LogP contribution in [0.4, 0.5) is 57.9 Å². The summed E-state index contributed by atoms with van der Waals surface area (Å²) in [6.45, 7) is 2.85. The number of carbonyl (C=O) groups excluding carboxylic acids is 4. The van der Waals surface area contributed by atoms with Gasteiger partial charge in [0, 0.05) is 59.8 Å². The van der Waals surface area contributed by atoms with Crippen LogP contribution in [-0.4, -0.2) is 65.5 Å². The van der Waals surface area contributed by atoms with E-state index in [0.29, 0.717) is 82.8 Å². The van der Waals surface area contributed by atoms with E-state index in [-0.39, 0.29) is 75.0 Å². The molecule has 4 fully saturated rings. The van der Waals surface area contributed by atoms with Crippen molar-refractivity contribution in [2.24, 2.45) is 23.7 Å². The monoisotopic (exact) mass is 1750 g/mol. The van der Waals surface area contributed by atoms with Gasteiger partial charge in [0.1, 0.15) is 69.4 Å². The molecule has 1 aliphatic heterocycles. The molecule has 1 saturated heterocycles. The number of carbonyl (C=O) groups is 4. The van der Waals surface area contributed by atoms with Gasteiger partial charge in [-0.25, -0.2) is 50.1 Å². The van der Waals surface area contributed by atoms with Gasteiger partial charge in [0.25, 0.3) is 23.6 Å². The average molecular weight is 1750 g/mol. The van der Waals surface area contributed by atoms with Crippen LogP contribution in [0.25, 0.3) is 79.3 Å². The number of benzene rings is 8. The molecule has 0 radical (unpaired) electrons. The van der Waals surface area contributed by atoms with Crippen LogP contribution in [0, 0.1) is 70.2 Å². The lowest BCUT2D eigenvalue weighted by atomic mass is 9.87. The molecule has 4 aliphatic carbocycles. The lowest BCUT2D eigenvalue weighted by molar-refractivity contribution is 0.0988. The zero-order valence-corrected chi connectivity index (χ0v) is 69.6.